The number of aromatic amines is 1. The van der Waals surface area contributed by atoms with E-state index in [1.54, 1.807) is 24.5 Å². The van der Waals surface area contributed by atoms with Crippen molar-refractivity contribution < 1.29 is 24.1 Å². The van der Waals surface area contributed by atoms with E-state index in [4.69, 9.17) is 14.2 Å². The molecule has 24 heavy (non-hydrogen) atoms. The molecule has 0 atom stereocenters. The molecule has 1 aromatic heterocycles. The van der Waals surface area contributed by atoms with Crippen molar-refractivity contribution in [2.24, 2.45) is 0 Å². The van der Waals surface area contributed by atoms with Crippen LogP contribution in [0.2, 0.25) is 0 Å². The van der Waals surface area contributed by atoms with Crippen molar-refractivity contribution in [3.63, 3.8) is 0 Å². The van der Waals surface area contributed by atoms with Crippen molar-refractivity contribution in [1.82, 2.24) is 14.9 Å². The number of carbonyl (C=O) groups excluding carboxylic acids is 1. The van der Waals surface area contributed by atoms with Crippen molar-refractivity contribution in [3.05, 3.63) is 35.9 Å². The van der Waals surface area contributed by atoms with Gasteiger partial charge in [-0.3, -0.25) is 4.79 Å². The second-order valence-corrected chi connectivity index (χ2v) is 4.90. The Morgan fingerprint density at radius 3 is 2.33 bits per heavy atom. The number of benzene rings is 1. The van der Waals surface area contributed by atoms with Crippen LogP contribution in [0.3, 0.4) is 0 Å². The summed E-state index contributed by atoms with van der Waals surface area (Å²) >= 11 is 0. The lowest BCUT2D eigenvalue weighted by atomic mass is 10.1. The van der Waals surface area contributed by atoms with E-state index >= 15 is 0 Å². The molecule has 0 saturated heterocycles. The molecule has 0 aliphatic rings. The number of aliphatic hydroxyl groups excluding tert-OH is 1. The SMILES string of the molecule is COc1cc(C(=O)N(CCO)Cc2ncc[nH]2)cc(OC)c1OC. The Morgan fingerprint density at radius 2 is 1.88 bits per heavy atom. The molecule has 2 N–H and O–H groups in total. The van der Waals surface area contributed by atoms with Crippen LogP contribution >= 0.6 is 0 Å². The van der Waals surface area contributed by atoms with Gasteiger partial charge in [0.05, 0.1) is 34.5 Å². The molecule has 130 valence electrons. The number of rotatable bonds is 8. The Morgan fingerprint density at radius 1 is 1.21 bits per heavy atom. The van der Waals surface area contributed by atoms with Crippen LogP contribution in [0.25, 0.3) is 0 Å². The maximum atomic E-state index is 12.8. The topological polar surface area (TPSA) is 96.9 Å². The molecule has 1 aromatic carbocycles. The van der Waals surface area contributed by atoms with Crippen LogP contribution in [0.4, 0.5) is 0 Å². The summed E-state index contributed by atoms with van der Waals surface area (Å²) < 4.78 is 15.8. The first-order valence-corrected chi connectivity index (χ1v) is 7.33. The van der Waals surface area contributed by atoms with Gasteiger partial charge in [0.1, 0.15) is 5.82 Å². The minimum absolute atomic E-state index is 0.156. The van der Waals surface area contributed by atoms with Gasteiger partial charge in [-0.1, -0.05) is 0 Å². The molecule has 0 saturated carbocycles. The van der Waals surface area contributed by atoms with E-state index in [0.29, 0.717) is 28.6 Å². The maximum absolute atomic E-state index is 12.8. The highest BCUT2D eigenvalue weighted by Gasteiger charge is 2.21. The number of aliphatic hydroxyl groups is 1. The Labute approximate surface area is 140 Å². The molecule has 0 fully saturated rings. The van der Waals surface area contributed by atoms with E-state index in [-0.39, 0.29) is 25.6 Å². The number of hydrogen-bond acceptors (Lipinski definition) is 6. The molecule has 0 bridgehead atoms. The van der Waals surface area contributed by atoms with Gasteiger partial charge < -0.3 is 29.2 Å². The van der Waals surface area contributed by atoms with Gasteiger partial charge in [0.25, 0.3) is 5.91 Å². The van der Waals surface area contributed by atoms with Gasteiger partial charge in [-0.05, 0) is 12.1 Å². The number of nitrogens with one attached hydrogen (secondary N) is 1. The lowest BCUT2D eigenvalue weighted by Gasteiger charge is -2.22. The number of hydrogen-bond donors (Lipinski definition) is 2. The predicted molar refractivity (Wildman–Crippen MR) is 86.5 cm³/mol. The number of methoxy groups -OCH3 is 3. The molecule has 0 spiro atoms. The molecule has 8 nitrogen and oxygen atoms in total. The molecular weight excluding hydrogens is 314 g/mol. The Balaban J connectivity index is 2.34. The molecule has 1 amide bonds. The van der Waals surface area contributed by atoms with Crippen LogP contribution in [-0.4, -0.2) is 60.4 Å². The van der Waals surface area contributed by atoms with Crippen LogP contribution in [0, 0.1) is 0 Å². The molecular formula is C16H21N3O5. The van der Waals surface area contributed by atoms with Crippen molar-refractivity contribution in [3.8, 4) is 17.2 Å². The lowest BCUT2D eigenvalue weighted by molar-refractivity contribution is 0.0702. The Hall–Kier alpha value is -2.74. The van der Waals surface area contributed by atoms with E-state index < -0.39 is 0 Å². The van der Waals surface area contributed by atoms with Crippen LogP contribution in [0.5, 0.6) is 17.2 Å². The standard InChI is InChI=1S/C16H21N3O5/c1-22-12-8-11(9-13(23-2)15(12)24-3)16(21)19(6-7-20)10-14-17-4-5-18-14/h4-5,8-9,20H,6-7,10H2,1-3H3,(H,17,18). The highest BCUT2D eigenvalue weighted by molar-refractivity contribution is 5.95. The zero-order chi connectivity index (χ0) is 17.5. The summed E-state index contributed by atoms with van der Waals surface area (Å²) in [6.45, 7) is 0.274. The van der Waals surface area contributed by atoms with Gasteiger partial charge >= 0.3 is 0 Å². The molecule has 0 aliphatic carbocycles. The fourth-order valence-corrected chi connectivity index (χ4v) is 2.33. The number of imidazole rings is 1. The third-order valence-corrected chi connectivity index (χ3v) is 3.46. The molecule has 8 heteroatoms. The summed E-state index contributed by atoms with van der Waals surface area (Å²) in [5, 5.41) is 9.25. The number of carbonyl (C=O) groups is 1. The quantitative estimate of drug-likeness (QED) is 0.749. The largest absolute Gasteiger partial charge is 0.493 e. The maximum Gasteiger partial charge on any atom is 0.254 e. The number of nitrogens with zero attached hydrogens (tertiary/aromatic N) is 2. The lowest BCUT2D eigenvalue weighted by Crippen LogP contribution is -2.33. The van der Waals surface area contributed by atoms with Gasteiger partial charge in [-0.2, -0.15) is 0 Å². The van der Waals surface area contributed by atoms with Gasteiger partial charge in [-0.15, -0.1) is 0 Å². The first-order chi connectivity index (χ1) is 11.6. The molecule has 2 rings (SSSR count). The fourth-order valence-electron chi connectivity index (χ4n) is 2.33. The van der Waals surface area contributed by atoms with Gasteiger partial charge in [0.2, 0.25) is 5.75 Å². The molecule has 2 aromatic rings. The fraction of sp³-hybridized carbons (Fsp3) is 0.375. The van der Waals surface area contributed by atoms with E-state index in [1.165, 1.54) is 26.2 Å². The van der Waals surface area contributed by atoms with Crippen molar-refractivity contribution in [2.75, 3.05) is 34.5 Å². The second kappa shape index (κ2) is 8.21. The summed E-state index contributed by atoms with van der Waals surface area (Å²) in [4.78, 5) is 21.4. The first kappa shape index (κ1) is 17.6. The average Bonchev–Trinajstić information content (AvgIpc) is 3.12. The zero-order valence-corrected chi connectivity index (χ0v) is 13.9. The van der Waals surface area contributed by atoms with Crippen molar-refractivity contribution in [2.45, 2.75) is 6.54 Å². The monoisotopic (exact) mass is 335 g/mol. The zero-order valence-electron chi connectivity index (χ0n) is 13.9. The van der Waals surface area contributed by atoms with E-state index in [9.17, 15) is 9.90 Å². The van der Waals surface area contributed by atoms with Crippen LogP contribution in [0.15, 0.2) is 24.5 Å². The van der Waals surface area contributed by atoms with Crippen LogP contribution in [-0.2, 0) is 6.54 Å². The third kappa shape index (κ3) is 3.77. The molecule has 1 heterocycles. The molecule has 0 aliphatic heterocycles. The number of amides is 1. The minimum Gasteiger partial charge on any atom is -0.493 e. The van der Waals surface area contributed by atoms with E-state index in [0.717, 1.165) is 0 Å². The van der Waals surface area contributed by atoms with E-state index in [2.05, 4.69) is 9.97 Å². The van der Waals surface area contributed by atoms with Crippen molar-refractivity contribution >= 4 is 5.91 Å². The van der Waals surface area contributed by atoms with Gasteiger partial charge in [0.15, 0.2) is 11.5 Å². The normalized spacial score (nSPS) is 10.3. The highest BCUT2D eigenvalue weighted by atomic mass is 16.5. The summed E-state index contributed by atoms with van der Waals surface area (Å²) in [6.07, 6.45) is 3.28. The van der Waals surface area contributed by atoms with Crippen molar-refractivity contribution in [1.29, 1.82) is 0 Å². The van der Waals surface area contributed by atoms with E-state index in [1.807, 2.05) is 0 Å². The average molecular weight is 335 g/mol. The Bertz CT molecular complexity index is 647. The summed E-state index contributed by atoms with van der Waals surface area (Å²) in [5.41, 5.74) is 0.365. The molecule has 0 unspecified atom stereocenters. The number of ether oxygens (including phenoxy) is 3. The van der Waals surface area contributed by atoms with Crippen LogP contribution in [0.1, 0.15) is 16.2 Å². The highest BCUT2D eigenvalue weighted by Crippen LogP contribution is 2.38. The summed E-state index contributed by atoms with van der Waals surface area (Å²) in [5.74, 6) is 1.55. The van der Waals surface area contributed by atoms with Gasteiger partial charge in [0, 0.05) is 24.5 Å². The smallest absolute Gasteiger partial charge is 0.254 e. The first-order valence-electron chi connectivity index (χ1n) is 7.33. The van der Waals surface area contributed by atoms with Gasteiger partial charge in [-0.25, -0.2) is 4.98 Å². The third-order valence-electron chi connectivity index (χ3n) is 3.46. The van der Waals surface area contributed by atoms with Crippen LogP contribution < -0.4 is 14.2 Å². The second-order valence-electron chi connectivity index (χ2n) is 4.90. The number of aromatic nitrogens is 2. The Kier molecular flexibility index (Phi) is 6.02. The predicted octanol–water partition coefficient (Wildman–Crippen LogP) is 1.07. The summed E-state index contributed by atoms with van der Waals surface area (Å²) in [6, 6.07) is 3.16. The number of H-pyrrole nitrogens is 1. The minimum atomic E-state index is -0.278. The molecule has 0 radical (unpaired) electrons. The summed E-state index contributed by atoms with van der Waals surface area (Å²) in [7, 11) is 4.47.